The Morgan fingerprint density at radius 2 is 2.08 bits per heavy atom. The maximum atomic E-state index is 14.1. The fourth-order valence-electron chi connectivity index (χ4n) is 3.04. The van der Waals surface area contributed by atoms with E-state index in [0.717, 1.165) is 27.7 Å². The predicted octanol–water partition coefficient (Wildman–Crippen LogP) is 4.11. The molecule has 3 heterocycles. The van der Waals surface area contributed by atoms with Crippen LogP contribution in [-0.4, -0.2) is 29.7 Å². The average molecular weight is 388 g/mol. The minimum Gasteiger partial charge on any atom is -0.370 e. The molecule has 122 valence electrons. The quantitative estimate of drug-likeness (QED) is 0.663. The Labute approximate surface area is 147 Å². The van der Waals surface area contributed by atoms with Crippen molar-refractivity contribution in [2.75, 3.05) is 24.6 Å². The van der Waals surface area contributed by atoms with Gasteiger partial charge in [-0.3, -0.25) is 9.97 Å². The summed E-state index contributed by atoms with van der Waals surface area (Å²) in [6.45, 7) is 1.86. The van der Waals surface area contributed by atoms with Crippen LogP contribution in [-0.2, 0) is 4.74 Å². The van der Waals surface area contributed by atoms with Crippen LogP contribution in [0.5, 0.6) is 0 Å². The highest BCUT2D eigenvalue weighted by atomic mass is 79.9. The standard InChI is InChI=1S/C18H15BrFN3O/c19-12-9-15-18(22-10-12)16(5-6-21-15)23-7-8-24-17(11-23)13-3-1-2-4-14(13)20/h1-6,9-10,17H,7-8,11H2. The van der Waals surface area contributed by atoms with E-state index in [1.165, 1.54) is 6.07 Å². The molecule has 4 nitrogen and oxygen atoms in total. The van der Waals surface area contributed by atoms with Crippen molar-refractivity contribution in [1.82, 2.24) is 9.97 Å². The lowest BCUT2D eigenvalue weighted by atomic mass is 10.1. The molecule has 3 aromatic rings. The summed E-state index contributed by atoms with van der Waals surface area (Å²) in [5.74, 6) is -0.231. The number of ether oxygens (including phenoxy) is 1. The highest BCUT2D eigenvalue weighted by molar-refractivity contribution is 9.10. The summed E-state index contributed by atoms with van der Waals surface area (Å²) in [7, 11) is 0. The number of rotatable bonds is 2. The number of benzene rings is 1. The molecule has 1 aromatic carbocycles. The summed E-state index contributed by atoms with van der Waals surface area (Å²) in [5, 5.41) is 0. The monoisotopic (exact) mass is 387 g/mol. The van der Waals surface area contributed by atoms with Crippen LogP contribution < -0.4 is 4.90 Å². The van der Waals surface area contributed by atoms with Gasteiger partial charge in [-0.25, -0.2) is 4.39 Å². The molecular formula is C18H15BrFN3O. The van der Waals surface area contributed by atoms with Gasteiger partial charge in [0.1, 0.15) is 17.4 Å². The molecule has 1 aliphatic heterocycles. The third-order valence-corrected chi connectivity index (χ3v) is 4.62. The number of anilines is 1. The van der Waals surface area contributed by atoms with Crippen LogP contribution in [0.15, 0.2) is 53.3 Å². The lowest BCUT2D eigenvalue weighted by Gasteiger charge is -2.35. The molecule has 1 aliphatic rings. The van der Waals surface area contributed by atoms with E-state index in [1.807, 2.05) is 18.2 Å². The number of fused-ring (bicyclic) bond motifs is 1. The largest absolute Gasteiger partial charge is 0.370 e. The molecular weight excluding hydrogens is 373 g/mol. The van der Waals surface area contributed by atoms with Gasteiger partial charge >= 0.3 is 0 Å². The lowest BCUT2D eigenvalue weighted by Crippen LogP contribution is -2.38. The molecule has 0 aliphatic carbocycles. The lowest BCUT2D eigenvalue weighted by molar-refractivity contribution is 0.0376. The first-order chi connectivity index (χ1) is 11.7. The zero-order valence-corrected chi connectivity index (χ0v) is 14.4. The van der Waals surface area contributed by atoms with Crippen molar-refractivity contribution in [3.05, 3.63) is 64.6 Å². The van der Waals surface area contributed by atoms with Gasteiger partial charge in [-0.1, -0.05) is 18.2 Å². The van der Waals surface area contributed by atoms with Gasteiger partial charge in [-0.2, -0.15) is 0 Å². The molecule has 0 saturated carbocycles. The van der Waals surface area contributed by atoms with E-state index >= 15 is 0 Å². The number of halogens is 2. The molecule has 0 amide bonds. The van der Waals surface area contributed by atoms with Gasteiger partial charge in [0, 0.05) is 35.5 Å². The fraction of sp³-hybridized carbons (Fsp3) is 0.222. The molecule has 0 bridgehead atoms. The number of hydrogen-bond donors (Lipinski definition) is 0. The number of pyridine rings is 2. The fourth-order valence-corrected chi connectivity index (χ4v) is 3.36. The summed E-state index contributed by atoms with van der Waals surface area (Å²) in [5.41, 5.74) is 3.26. The van der Waals surface area contributed by atoms with Gasteiger partial charge in [-0.15, -0.1) is 0 Å². The van der Waals surface area contributed by atoms with E-state index in [4.69, 9.17) is 4.74 Å². The Hall–Kier alpha value is -2.05. The second-order valence-corrected chi connectivity index (χ2v) is 6.59. The van der Waals surface area contributed by atoms with Crippen LogP contribution in [0.3, 0.4) is 0 Å². The van der Waals surface area contributed by atoms with Gasteiger partial charge in [-0.05, 0) is 34.1 Å². The first-order valence-corrected chi connectivity index (χ1v) is 8.53. The molecule has 0 spiro atoms. The third-order valence-electron chi connectivity index (χ3n) is 4.18. The zero-order chi connectivity index (χ0) is 16.5. The van der Waals surface area contributed by atoms with Crippen molar-refractivity contribution < 1.29 is 9.13 Å². The minimum atomic E-state index is -0.293. The molecule has 1 atom stereocenters. The van der Waals surface area contributed by atoms with Gasteiger partial charge < -0.3 is 9.64 Å². The molecule has 2 aromatic heterocycles. The van der Waals surface area contributed by atoms with Gasteiger partial charge in [0.05, 0.1) is 17.8 Å². The highest BCUT2D eigenvalue weighted by Crippen LogP contribution is 2.31. The van der Waals surface area contributed by atoms with Crippen molar-refractivity contribution in [1.29, 1.82) is 0 Å². The summed E-state index contributed by atoms with van der Waals surface area (Å²) < 4.78 is 20.8. The number of nitrogens with zero attached hydrogens (tertiary/aromatic N) is 3. The van der Waals surface area contributed by atoms with Crippen LogP contribution in [0.25, 0.3) is 11.0 Å². The molecule has 1 saturated heterocycles. The average Bonchev–Trinajstić information content (AvgIpc) is 2.61. The Morgan fingerprint density at radius 1 is 1.21 bits per heavy atom. The Bertz CT molecular complexity index is 889. The van der Waals surface area contributed by atoms with Crippen molar-refractivity contribution in [3.8, 4) is 0 Å². The van der Waals surface area contributed by atoms with Crippen molar-refractivity contribution in [2.45, 2.75) is 6.10 Å². The Kier molecular flexibility index (Phi) is 4.16. The van der Waals surface area contributed by atoms with E-state index in [9.17, 15) is 4.39 Å². The van der Waals surface area contributed by atoms with Crippen LogP contribution >= 0.6 is 15.9 Å². The third kappa shape index (κ3) is 2.87. The maximum Gasteiger partial charge on any atom is 0.129 e. The molecule has 6 heteroatoms. The second kappa shape index (κ2) is 6.45. The molecule has 1 fully saturated rings. The molecule has 0 radical (unpaired) electrons. The highest BCUT2D eigenvalue weighted by Gasteiger charge is 2.25. The zero-order valence-electron chi connectivity index (χ0n) is 12.8. The first kappa shape index (κ1) is 15.5. The van der Waals surface area contributed by atoms with E-state index < -0.39 is 0 Å². The van der Waals surface area contributed by atoms with E-state index in [1.54, 1.807) is 24.5 Å². The summed E-state index contributed by atoms with van der Waals surface area (Å²) in [6, 6.07) is 10.7. The van der Waals surface area contributed by atoms with Crippen LogP contribution in [0.1, 0.15) is 11.7 Å². The minimum absolute atomic E-state index is 0.231. The Balaban J connectivity index is 1.69. The molecule has 1 unspecified atom stereocenters. The molecule has 4 rings (SSSR count). The number of hydrogen-bond acceptors (Lipinski definition) is 4. The molecule has 24 heavy (non-hydrogen) atoms. The van der Waals surface area contributed by atoms with Crippen molar-refractivity contribution in [3.63, 3.8) is 0 Å². The van der Waals surface area contributed by atoms with E-state index in [2.05, 4.69) is 30.8 Å². The van der Waals surface area contributed by atoms with E-state index in [0.29, 0.717) is 18.7 Å². The summed E-state index contributed by atoms with van der Waals surface area (Å²) >= 11 is 3.42. The summed E-state index contributed by atoms with van der Waals surface area (Å²) in [4.78, 5) is 11.1. The number of morpholine rings is 1. The molecule has 0 N–H and O–H groups in total. The van der Waals surface area contributed by atoms with Crippen LogP contribution in [0.2, 0.25) is 0 Å². The van der Waals surface area contributed by atoms with E-state index in [-0.39, 0.29) is 11.9 Å². The number of aromatic nitrogens is 2. The smallest absolute Gasteiger partial charge is 0.129 e. The first-order valence-electron chi connectivity index (χ1n) is 7.73. The Morgan fingerprint density at radius 3 is 2.96 bits per heavy atom. The van der Waals surface area contributed by atoms with Crippen LogP contribution in [0, 0.1) is 5.82 Å². The van der Waals surface area contributed by atoms with Crippen LogP contribution in [0.4, 0.5) is 10.1 Å². The SMILES string of the molecule is Fc1ccccc1C1CN(c2ccnc3cc(Br)cnc23)CCO1. The van der Waals surface area contributed by atoms with Gasteiger partial charge in [0.25, 0.3) is 0 Å². The van der Waals surface area contributed by atoms with Gasteiger partial charge in [0.15, 0.2) is 0 Å². The normalized spacial score (nSPS) is 18.1. The maximum absolute atomic E-state index is 14.1. The second-order valence-electron chi connectivity index (χ2n) is 5.68. The topological polar surface area (TPSA) is 38.2 Å². The predicted molar refractivity (Wildman–Crippen MR) is 94.5 cm³/mol. The summed E-state index contributed by atoms with van der Waals surface area (Å²) in [6.07, 6.45) is 3.25. The van der Waals surface area contributed by atoms with Crippen molar-refractivity contribution in [2.24, 2.45) is 0 Å². The van der Waals surface area contributed by atoms with Crippen molar-refractivity contribution >= 4 is 32.7 Å². The van der Waals surface area contributed by atoms with Gasteiger partial charge in [0.2, 0.25) is 0 Å².